The van der Waals surface area contributed by atoms with Gasteiger partial charge in [0.25, 0.3) is 11.8 Å². The fourth-order valence-electron chi connectivity index (χ4n) is 2.06. The predicted octanol–water partition coefficient (Wildman–Crippen LogP) is 3.34. The molecule has 0 aromatic heterocycles. The van der Waals surface area contributed by atoms with Gasteiger partial charge in [0.1, 0.15) is 0 Å². The van der Waals surface area contributed by atoms with Crippen molar-refractivity contribution in [1.29, 1.82) is 0 Å². The van der Waals surface area contributed by atoms with Gasteiger partial charge < -0.3 is 0 Å². The van der Waals surface area contributed by atoms with Gasteiger partial charge in [0.15, 0.2) is 0 Å². The molecule has 0 aliphatic carbocycles. The van der Waals surface area contributed by atoms with Gasteiger partial charge in [-0.2, -0.15) is 0 Å². The summed E-state index contributed by atoms with van der Waals surface area (Å²) in [5, 5.41) is 0.508. The Kier molecular flexibility index (Phi) is 4.83. The maximum atomic E-state index is 12.1. The summed E-state index contributed by atoms with van der Waals surface area (Å²) >= 11 is 5.98. The summed E-state index contributed by atoms with van der Waals surface area (Å²) in [5.41, 5.74) is 8.52. The summed E-state index contributed by atoms with van der Waals surface area (Å²) in [7, 11) is 0. The zero-order valence-corrected chi connectivity index (χ0v) is 13.4. The topological polar surface area (TPSA) is 58.2 Å². The zero-order valence-electron chi connectivity index (χ0n) is 12.7. The number of halogens is 1. The Labute approximate surface area is 134 Å². The molecule has 0 radical (unpaired) electrons. The molecule has 5 heteroatoms. The highest BCUT2D eigenvalue weighted by atomic mass is 35.5. The van der Waals surface area contributed by atoms with Crippen LogP contribution in [0, 0.1) is 20.8 Å². The van der Waals surface area contributed by atoms with Crippen molar-refractivity contribution in [2.75, 3.05) is 0 Å². The molecule has 0 aliphatic heterocycles. The molecule has 114 valence electrons. The first-order valence-corrected chi connectivity index (χ1v) is 7.20. The highest BCUT2D eigenvalue weighted by molar-refractivity contribution is 6.31. The Morgan fingerprint density at radius 1 is 0.864 bits per heavy atom. The Bertz CT molecular complexity index is 741. The second-order valence-corrected chi connectivity index (χ2v) is 5.60. The Hall–Kier alpha value is -2.33. The number of nitrogens with one attached hydrogen (secondary N) is 2. The molecule has 2 rings (SSSR count). The van der Waals surface area contributed by atoms with Crippen LogP contribution in [0.2, 0.25) is 5.02 Å². The number of carbonyl (C=O) groups excluding carboxylic acids is 2. The van der Waals surface area contributed by atoms with E-state index in [1.54, 1.807) is 24.3 Å². The largest absolute Gasteiger partial charge is 0.269 e. The van der Waals surface area contributed by atoms with E-state index in [1.165, 1.54) is 0 Å². The third-order valence-corrected chi connectivity index (χ3v) is 3.76. The van der Waals surface area contributed by atoms with Gasteiger partial charge in [0.05, 0.1) is 0 Å². The van der Waals surface area contributed by atoms with Gasteiger partial charge in [0, 0.05) is 16.1 Å². The molecule has 0 saturated heterocycles. The van der Waals surface area contributed by atoms with Gasteiger partial charge in [-0.15, -0.1) is 0 Å². The Balaban J connectivity index is 2.04. The molecule has 2 N–H and O–H groups in total. The van der Waals surface area contributed by atoms with Crippen LogP contribution in [-0.4, -0.2) is 11.8 Å². The molecule has 2 aromatic rings. The third-order valence-electron chi connectivity index (χ3n) is 3.35. The van der Waals surface area contributed by atoms with Crippen LogP contribution in [0.1, 0.15) is 37.4 Å². The lowest BCUT2D eigenvalue weighted by molar-refractivity contribution is 0.0846. The van der Waals surface area contributed by atoms with Crippen molar-refractivity contribution in [3.05, 3.63) is 69.2 Å². The standard InChI is InChI=1S/C17H17ClN2O2/c1-10-4-7-14(12(3)8-10)17(22)20-19-16(21)13-6-5-11(2)15(18)9-13/h4-9H,1-3H3,(H,19,21)(H,20,22). The lowest BCUT2D eigenvalue weighted by atomic mass is 10.1. The van der Waals surface area contributed by atoms with Crippen molar-refractivity contribution < 1.29 is 9.59 Å². The van der Waals surface area contributed by atoms with Crippen LogP contribution < -0.4 is 10.9 Å². The molecular weight excluding hydrogens is 300 g/mol. The molecule has 2 aromatic carbocycles. The van der Waals surface area contributed by atoms with E-state index in [-0.39, 0.29) is 5.91 Å². The molecule has 4 nitrogen and oxygen atoms in total. The van der Waals surface area contributed by atoms with E-state index in [1.807, 2.05) is 32.9 Å². The van der Waals surface area contributed by atoms with E-state index in [2.05, 4.69) is 10.9 Å². The minimum absolute atomic E-state index is 0.357. The maximum Gasteiger partial charge on any atom is 0.269 e. The normalized spacial score (nSPS) is 10.2. The molecule has 0 fully saturated rings. The van der Waals surface area contributed by atoms with Gasteiger partial charge in [0.2, 0.25) is 0 Å². The van der Waals surface area contributed by atoms with Crippen LogP contribution >= 0.6 is 11.6 Å². The number of aryl methyl sites for hydroxylation is 3. The number of hydrazine groups is 1. The van der Waals surface area contributed by atoms with Crippen molar-refractivity contribution >= 4 is 23.4 Å². The molecule has 2 amide bonds. The van der Waals surface area contributed by atoms with Gasteiger partial charge in [-0.1, -0.05) is 35.4 Å². The molecular formula is C17H17ClN2O2. The van der Waals surface area contributed by atoms with Crippen LogP contribution in [0.4, 0.5) is 0 Å². The van der Waals surface area contributed by atoms with Crippen molar-refractivity contribution in [3.63, 3.8) is 0 Å². The second kappa shape index (κ2) is 6.62. The first-order valence-electron chi connectivity index (χ1n) is 6.82. The van der Waals surface area contributed by atoms with E-state index in [0.717, 1.165) is 16.7 Å². The quantitative estimate of drug-likeness (QED) is 0.835. The monoisotopic (exact) mass is 316 g/mol. The Morgan fingerprint density at radius 2 is 1.55 bits per heavy atom. The molecule has 0 atom stereocenters. The highest BCUT2D eigenvalue weighted by Gasteiger charge is 2.11. The maximum absolute atomic E-state index is 12.1. The fourth-order valence-corrected chi connectivity index (χ4v) is 2.24. The smallest absolute Gasteiger partial charge is 0.267 e. The molecule has 0 aliphatic rings. The van der Waals surface area contributed by atoms with E-state index < -0.39 is 5.91 Å². The molecule has 0 saturated carbocycles. The second-order valence-electron chi connectivity index (χ2n) is 5.19. The minimum atomic E-state index is -0.417. The number of hydrogen-bond acceptors (Lipinski definition) is 2. The van der Waals surface area contributed by atoms with Gasteiger partial charge in [-0.05, 0) is 50.1 Å². The summed E-state index contributed by atoms with van der Waals surface area (Å²) in [5.74, 6) is -0.774. The number of rotatable bonds is 2. The molecule has 22 heavy (non-hydrogen) atoms. The first kappa shape index (κ1) is 16.0. The molecule has 0 unspecified atom stereocenters. The van der Waals surface area contributed by atoms with E-state index in [9.17, 15) is 9.59 Å². The lowest BCUT2D eigenvalue weighted by Gasteiger charge is -2.10. The minimum Gasteiger partial charge on any atom is -0.267 e. The summed E-state index contributed by atoms with van der Waals surface area (Å²) in [6.45, 7) is 5.66. The van der Waals surface area contributed by atoms with E-state index in [0.29, 0.717) is 16.1 Å². The Morgan fingerprint density at radius 3 is 2.18 bits per heavy atom. The number of benzene rings is 2. The molecule has 0 spiro atoms. The number of amides is 2. The third kappa shape index (κ3) is 3.65. The van der Waals surface area contributed by atoms with Crippen LogP contribution in [0.15, 0.2) is 36.4 Å². The van der Waals surface area contributed by atoms with Crippen LogP contribution in [-0.2, 0) is 0 Å². The van der Waals surface area contributed by atoms with Gasteiger partial charge in [-0.3, -0.25) is 20.4 Å². The van der Waals surface area contributed by atoms with Crippen molar-refractivity contribution in [3.8, 4) is 0 Å². The number of hydrogen-bond donors (Lipinski definition) is 2. The summed E-state index contributed by atoms with van der Waals surface area (Å²) in [6, 6.07) is 10.5. The summed E-state index contributed by atoms with van der Waals surface area (Å²) in [4.78, 5) is 24.1. The van der Waals surface area contributed by atoms with Crippen molar-refractivity contribution in [2.24, 2.45) is 0 Å². The fraction of sp³-hybridized carbons (Fsp3) is 0.176. The SMILES string of the molecule is Cc1ccc(C(=O)NNC(=O)c2ccc(C)c(Cl)c2)c(C)c1. The summed E-state index contributed by atoms with van der Waals surface area (Å²) in [6.07, 6.45) is 0. The van der Waals surface area contributed by atoms with Gasteiger partial charge in [-0.25, -0.2) is 0 Å². The average molecular weight is 317 g/mol. The molecule has 0 heterocycles. The van der Waals surface area contributed by atoms with E-state index >= 15 is 0 Å². The average Bonchev–Trinajstić information content (AvgIpc) is 2.47. The summed E-state index contributed by atoms with van der Waals surface area (Å²) < 4.78 is 0. The van der Waals surface area contributed by atoms with Gasteiger partial charge >= 0.3 is 0 Å². The van der Waals surface area contributed by atoms with E-state index in [4.69, 9.17) is 11.6 Å². The molecule has 0 bridgehead atoms. The van der Waals surface area contributed by atoms with Crippen LogP contribution in [0.25, 0.3) is 0 Å². The van der Waals surface area contributed by atoms with Crippen LogP contribution in [0.5, 0.6) is 0 Å². The van der Waals surface area contributed by atoms with Crippen molar-refractivity contribution in [1.82, 2.24) is 10.9 Å². The highest BCUT2D eigenvalue weighted by Crippen LogP contribution is 2.16. The first-order chi connectivity index (χ1) is 10.4. The lowest BCUT2D eigenvalue weighted by Crippen LogP contribution is -2.41. The number of carbonyl (C=O) groups is 2. The predicted molar refractivity (Wildman–Crippen MR) is 87.0 cm³/mol. The van der Waals surface area contributed by atoms with Crippen LogP contribution in [0.3, 0.4) is 0 Å². The zero-order chi connectivity index (χ0) is 16.3. The van der Waals surface area contributed by atoms with Crippen molar-refractivity contribution in [2.45, 2.75) is 20.8 Å².